The molecule has 1 fully saturated rings. The van der Waals surface area contributed by atoms with Crippen LogP contribution < -0.4 is 11.1 Å². The monoisotopic (exact) mass is 383 g/mol. The molecule has 1 aromatic rings. The molecule has 1 atom stereocenters. The summed E-state index contributed by atoms with van der Waals surface area (Å²) >= 11 is 0. The molecule has 0 aromatic heterocycles. The van der Waals surface area contributed by atoms with Crippen LogP contribution in [0, 0.1) is 0 Å². The van der Waals surface area contributed by atoms with Crippen molar-refractivity contribution in [3.8, 4) is 0 Å². The van der Waals surface area contributed by atoms with Crippen LogP contribution in [0.3, 0.4) is 0 Å². The van der Waals surface area contributed by atoms with Crippen molar-refractivity contribution in [1.82, 2.24) is 9.62 Å². The first kappa shape index (κ1) is 20.8. The summed E-state index contributed by atoms with van der Waals surface area (Å²) in [6.45, 7) is 5.54. The summed E-state index contributed by atoms with van der Waals surface area (Å²) in [6.07, 6.45) is 1.40. The number of hydrogen-bond donors (Lipinski definition) is 2. The lowest BCUT2D eigenvalue weighted by Gasteiger charge is -2.26. The van der Waals surface area contributed by atoms with Gasteiger partial charge in [0.05, 0.1) is 24.5 Å². The number of carbonyl (C=O) groups is 1. The molecule has 1 unspecified atom stereocenters. The molecule has 1 aliphatic rings. The summed E-state index contributed by atoms with van der Waals surface area (Å²) in [5.41, 5.74) is 6.59. The van der Waals surface area contributed by atoms with E-state index in [2.05, 4.69) is 5.32 Å². The average molecular weight is 384 g/mol. The van der Waals surface area contributed by atoms with Crippen molar-refractivity contribution in [3.63, 3.8) is 0 Å². The molecule has 1 aliphatic heterocycles. The minimum atomic E-state index is -3.42. The minimum absolute atomic E-state index is 0.0894. The van der Waals surface area contributed by atoms with Gasteiger partial charge < -0.3 is 15.8 Å². The number of benzene rings is 1. The molecule has 1 saturated heterocycles. The molecule has 26 heavy (non-hydrogen) atoms. The van der Waals surface area contributed by atoms with Crippen LogP contribution in [0.1, 0.15) is 37.8 Å². The molecule has 0 aliphatic carbocycles. The largest absolute Gasteiger partial charge is 0.379 e. The first-order valence-electron chi connectivity index (χ1n) is 8.96. The number of hydrogen-bond acceptors (Lipinski definition) is 5. The third-order valence-electron chi connectivity index (χ3n) is 4.55. The smallest absolute Gasteiger partial charge is 0.240 e. The van der Waals surface area contributed by atoms with Gasteiger partial charge in [0.25, 0.3) is 0 Å². The zero-order valence-corrected chi connectivity index (χ0v) is 16.3. The maximum Gasteiger partial charge on any atom is 0.240 e. The summed E-state index contributed by atoms with van der Waals surface area (Å²) in [6, 6.07) is 7.25. The third-order valence-corrected chi connectivity index (χ3v) is 6.37. The highest BCUT2D eigenvalue weighted by molar-refractivity contribution is 7.88. The molecule has 0 saturated carbocycles. The standard InChI is InChI=1S/C18H29N3O4S/c1-3-8-18(2,19)17(22)20-13-15-6-4-5-7-16(15)14-26(23,24)21-9-11-25-12-10-21/h4-7H,3,8-14,19H2,1-2H3,(H,20,22). The van der Waals surface area contributed by atoms with E-state index in [0.717, 1.165) is 12.0 Å². The molecule has 1 heterocycles. The Morgan fingerprint density at radius 3 is 2.50 bits per heavy atom. The Balaban J connectivity index is 2.06. The second kappa shape index (κ2) is 8.94. The number of amides is 1. The second-order valence-corrected chi connectivity index (χ2v) is 8.86. The normalized spacial score (nSPS) is 18.3. The first-order valence-corrected chi connectivity index (χ1v) is 10.6. The van der Waals surface area contributed by atoms with E-state index < -0.39 is 15.6 Å². The minimum Gasteiger partial charge on any atom is -0.379 e. The lowest BCUT2D eigenvalue weighted by molar-refractivity contribution is -0.126. The summed E-state index contributed by atoms with van der Waals surface area (Å²) in [4.78, 5) is 12.3. The highest BCUT2D eigenvalue weighted by Gasteiger charge is 2.28. The maximum atomic E-state index is 12.7. The van der Waals surface area contributed by atoms with Crippen LogP contribution >= 0.6 is 0 Å². The van der Waals surface area contributed by atoms with Crippen molar-refractivity contribution < 1.29 is 17.9 Å². The molecule has 0 radical (unpaired) electrons. The van der Waals surface area contributed by atoms with Crippen LogP contribution in [0.5, 0.6) is 0 Å². The van der Waals surface area contributed by atoms with Gasteiger partial charge in [-0.3, -0.25) is 4.79 Å². The van der Waals surface area contributed by atoms with Gasteiger partial charge in [0.1, 0.15) is 0 Å². The zero-order chi connectivity index (χ0) is 19.2. The van der Waals surface area contributed by atoms with Gasteiger partial charge in [-0.2, -0.15) is 4.31 Å². The van der Waals surface area contributed by atoms with Crippen molar-refractivity contribution in [3.05, 3.63) is 35.4 Å². The number of nitrogens with zero attached hydrogens (tertiary/aromatic N) is 1. The Morgan fingerprint density at radius 1 is 1.27 bits per heavy atom. The van der Waals surface area contributed by atoms with Crippen LogP contribution in [0.25, 0.3) is 0 Å². The number of morpholine rings is 1. The van der Waals surface area contributed by atoms with E-state index in [1.165, 1.54) is 4.31 Å². The van der Waals surface area contributed by atoms with Crippen LogP contribution in [-0.4, -0.2) is 50.5 Å². The summed E-state index contributed by atoms with van der Waals surface area (Å²) < 4.78 is 32.0. The molecule has 0 spiro atoms. The van der Waals surface area contributed by atoms with Crippen molar-refractivity contribution in [1.29, 1.82) is 0 Å². The predicted octanol–water partition coefficient (Wildman–Crippen LogP) is 0.982. The SMILES string of the molecule is CCCC(C)(N)C(=O)NCc1ccccc1CS(=O)(=O)N1CCOCC1. The van der Waals surface area contributed by atoms with E-state index in [9.17, 15) is 13.2 Å². The van der Waals surface area contributed by atoms with Gasteiger partial charge in [0, 0.05) is 19.6 Å². The number of ether oxygens (including phenoxy) is 1. The molecule has 8 heteroatoms. The predicted molar refractivity (Wildman–Crippen MR) is 101 cm³/mol. The second-order valence-electron chi connectivity index (χ2n) is 6.89. The van der Waals surface area contributed by atoms with Gasteiger partial charge in [-0.05, 0) is 24.5 Å². The first-order chi connectivity index (χ1) is 12.3. The van der Waals surface area contributed by atoms with E-state index in [0.29, 0.717) is 38.3 Å². The molecule has 7 nitrogen and oxygen atoms in total. The Kier molecular flexibility index (Phi) is 7.16. The molecular formula is C18H29N3O4S. The van der Waals surface area contributed by atoms with Crippen LogP contribution in [0.4, 0.5) is 0 Å². The van der Waals surface area contributed by atoms with E-state index >= 15 is 0 Å². The molecular weight excluding hydrogens is 354 g/mol. The molecule has 3 N–H and O–H groups in total. The van der Waals surface area contributed by atoms with Gasteiger partial charge in [-0.15, -0.1) is 0 Å². The Bertz CT molecular complexity index is 713. The van der Waals surface area contributed by atoms with Crippen LogP contribution in [-0.2, 0) is 31.9 Å². The number of nitrogens with one attached hydrogen (secondary N) is 1. The Labute approximate surface area is 155 Å². The lowest BCUT2D eigenvalue weighted by Crippen LogP contribution is -2.51. The van der Waals surface area contributed by atoms with E-state index in [1.807, 2.05) is 19.1 Å². The highest BCUT2D eigenvalue weighted by atomic mass is 32.2. The molecule has 1 amide bonds. The third kappa shape index (κ3) is 5.51. The van der Waals surface area contributed by atoms with Gasteiger partial charge >= 0.3 is 0 Å². The molecule has 1 aromatic carbocycles. The van der Waals surface area contributed by atoms with Crippen molar-refractivity contribution in [2.24, 2.45) is 5.73 Å². The average Bonchev–Trinajstić information content (AvgIpc) is 2.61. The zero-order valence-electron chi connectivity index (χ0n) is 15.5. The number of sulfonamides is 1. The molecule has 146 valence electrons. The van der Waals surface area contributed by atoms with Crippen molar-refractivity contribution >= 4 is 15.9 Å². The van der Waals surface area contributed by atoms with Crippen molar-refractivity contribution in [2.75, 3.05) is 26.3 Å². The van der Waals surface area contributed by atoms with Gasteiger partial charge in [0.2, 0.25) is 15.9 Å². The summed E-state index contributed by atoms with van der Waals surface area (Å²) in [5.74, 6) is -0.321. The van der Waals surface area contributed by atoms with E-state index in [4.69, 9.17) is 10.5 Å². The topological polar surface area (TPSA) is 102 Å². The summed E-state index contributed by atoms with van der Waals surface area (Å²) in [5, 5.41) is 2.84. The van der Waals surface area contributed by atoms with Gasteiger partial charge in [-0.25, -0.2) is 8.42 Å². The Hall–Kier alpha value is -1.48. The van der Waals surface area contributed by atoms with E-state index in [-0.39, 0.29) is 18.2 Å². The van der Waals surface area contributed by atoms with Crippen LogP contribution in [0.2, 0.25) is 0 Å². The fourth-order valence-corrected chi connectivity index (χ4v) is 4.56. The number of carbonyl (C=O) groups excluding carboxylic acids is 1. The van der Waals surface area contributed by atoms with Crippen LogP contribution in [0.15, 0.2) is 24.3 Å². The molecule has 2 rings (SSSR count). The van der Waals surface area contributed by atoms with Gasteiger partial charge in [0.15, 0.2) is 0 Å². The summed E-state index contributed by atoms with van der Waals surface area (Å²) in [7, 11) is -3.42. The quantitative estimate of drug-likeness (QED) is 0.697. The fraction of sp³-hybridized carbons (Fsp3) is 0.611. The Morgan fingerprint density at radius 2 is 1.88 bits per heavy atom. The highest BCUT2D eigenvalue weighted by Crippen LogP contribution is 2.17. The number of nitrogens with two attached hydrogens (primary N) is 1. The number of rotatable bonds is 8. The van der Waals surface area contributed by atoms with E-state index in [1.54, 1.807) is 19.1 Å². The maximum absolute atomic E-state index is 12.7. The lowest BCUT2D eigenvalue weighted by atomic mass is 9.96. The molecule has 0 bridgehead atoms. The van der Waals surface area contributed by atoms with Crippen molar-refractivity contribution in [2.45, 2.75) is 44.5 Å². The fourth-order valence-electron chi connectivity index (χ4n) is 2.99. The van der Waals surface area contributed by atoms with Gasteiger partial charge in [-0.1, -0.05) is 37.6 Å².